The van der Waals surface area contributed by atoms with Gasteiger partial charge in [-0.05, 0) is 31.7 Å². The number of Topliss-reactive ketones (excluding diaryl/α,β-unsaturated/α-hetero) is 1. The topological polar surface area (TPSA) is 32.7 Å². The molecule has 4 heteroatoms. The van der Waals surface area contributed by atoms with Gasteiger partial charge in [-0.25, -0.2) is 0 Å². The Morgan fingerprint density at radius 1 is 1.12 bits per heavy atom. The monoisotopic (exact) mass is 238 g/mol. The largest absolute Gasteiger partial charge is 0.324 e. The van der Waals surface area contributed by atoms with Crippen LogP contribution in [0, 0.1) is 0 Å². The number of rotatable bonds is 1. The van der Waals surface area contributed by atoms with Crippen molar-refractivity contribution in [2.75, 3.05) is 6.54 Å². The lowest BCUT2D eigenvalue weighted by Crippen LogP contribution is -2.49. The normalized spacial score (nSPS) is 28.5. The maximum Gasteiger partial charge on any atom is 0.178 e. The van der Waals surface area contributed by atoms with Crippen molar-refractivity contribution in [1.29, 1.82) is 0 Å². The van der Waals surface area contributed by atoms with E-state index in [1.165, 1.54) is 18.9 Å². The first-order valence-corrected chi connectivity index (χ1v) is 9.63. The van der Waals surface area contributed by atoms with Gasteiger partial charge in [-0.1, -0.05) is 19.5 Å². The van der Waals surface area contributed by atoms with E-state index in [1.807, 2.05) is 0 Å². The van der Waals surface area contributed by atoms with Crippen molar-refractivity contribution in [3.63, 3.8) is 0 Å². The molecule has 0 unspecified atom stereocenters. The molecule has 0 N–H and O–H groups in total. The summed E-state index contributed by atoms with van der Waals surface area (Å²) in [5, 5.41) is 4.69. The standard InChI is InChI=1S/C12H22N2OSi/c1-16(2)10-6-5-9-14(16)13-11-7-3-4-8-12(11)15/h3-10H2,1-2H3. The third kappa shape index (κ3) is 2.54. The molecule has 0 amide bonds. The highest BCUT2D eigenvalue weighted by Gasteiger charge is 2.32. The highest BCUT2D eigenvalue weighted by molar-refractivity contribution is 6.74. The van der Waals surface area contributed by atoms with Crippen LogP contribution in [0.5, 0.6) is 0 Å². The predicted molar refractivity (Wildman–Crippen MR) is 69.1 cm³/mol. The summed E-state index contributed by atoms with van der Waals surface area (Å²) in [6, 6.07) is 1.32. The summed E-state index contributed by atoms with van der Waals surface area (Å²) < 4.78 is 2.29. The molecule has 1 saturated carbocycles. The molecule has 3 nitrogen and oxygen atoms in total. The van der Waals surface area contributed by atoms with E-state index >= 15 is 0 Å². The van der Waals surface area contributed by atoms with E-state index < -0.39 is 8.24 Å². The molecule has 0 aromatic heterocycles. The molecule has 0 spiro atoms. The van der Waals surface area contributed by atoms with Gasteiger partial charge in [0.15, 0.2) is 14.0 Å². The Kier molecular flexibility index (Phi) is 3.47. The van der Waals surface area contributed by atoms with Crippen molar-refractivity contribution >= 4 is 19.7 Å². The summed E-state index contributed by atoms with van der Waals surface area (Å²) in [5.74, 6) is 0.293. The number of hydrogen-bond acceptors (Lipinski definition) is 3. The molecule has 0 bridgehead atoms. The zero-order valence-electron chi connectivity index (χ0n) is 10.5. The number of nitrogens with zero attached hydrogens (tertiary/aromatic N) is 2. The molecular formula is C12H22N2OSi. The number of carbonyl (C=O) groups excluding carboxylic acids is 1. The van der Waals surface area contributed by atoms with Crippen LogP contribution in [0.3, 0.4) is 0 Å². The molecular weight excluding hydrogens is 216 g/mol. The van der Waals surface area contributed by atoms with Gasteiger partial charge in [-0.2, -0.15) is 5.10 Å². The van der Waals surface area contributed by atoms with Gasteiger partial charge in [0.1, 0.15) is 5.71 Å². The lowest BCUT2D eigenvalue weighted by Gasteiger charge is -2.39. The van der Waals surface area contributed by atoms with E-state index in [-0.39, 0.29) is 0 Å². The second kappa shape index (κ2) is 4.70. The zero-order valence-corrected chi connectivity index (χ0v) is 11.5. The van der Waals surface area contributed by atoms with Gasteiger partial charge < -0.3 is 4.67 Å². The van der Waals surface area contributed by atoms with E-state index in [2.05, 4.69) is 17.8 Å². The highest BCUT2D eigenvalue weighted by Crippen LogP contribution is 2.26. The predicted octanol–water partition coefficient (Wildman–Crippen LogP) is 2.79. The van der Waals surface area contributed by atoms with Gasteiger partial charge in [0.05, 0.1) is 0 Å². The summed E-state index contributed by atoms with van der Waals surface area (Å²) in [5.41, 5.74) is 0.855. The average molecular weight is 238 g/mol. The van der Waals surface area contributed by atoms with Crippen LogP contribution in [0.15, 0.2) is 5.10 Å². The Morgan fingerprint density at radius 3 is 2.56 bits per heavy atom. The quantitative estimate of drug-likeness (QED) is 0.658. The van der Waals surface area contributed by atoms with Crippen molar-refractivity contribution in [1.82, 2.24) is 4.67 Å². The first-order valence-electron chi connectivity index (χ1n) is 6.48. The van der Waals surface area contributed by atoms with Gasteiger partial charge >= 0.3 is 0 Å². The number of hydrazone groups is 1. The summed E-state index contributed by atoms with van der Waals surface area (Å²) in [6.07, 6.45) is 6.39. The minimum Gasteiger partial charge on any atom is -0.324 e. The fourth-order valence-corrected chi connectivity index (χ4v) is 5.08. The summed E-state index contributed by atoms with van der Waals surface area (Å²) in [6.45, 7) is 5.79. The molecule has 1 aliphatic carbocycles. The zero-order chi connectivity index (χ0) is 11.6. The molecule has 1 saturated heterocycles. The molecule has 0 aromatic carbocycles. The molecule has 1 heterocycles. The van der Waals surface area contributed by atoms with Crippen LogP contribution >= 0.6 is 0 Å². The average Bonchev–Trinajstić information content (AvgIpc) is 2.24. The van der Waals surface area contributed by atoms with Gasteiger partial charge in [-0.15, -0.1) is 0 Å². The highest BCUT2D eigenvalue weighted by atomic mass is 28.3. The SMILES string of the molecule is C[Si]1(C)CCCCN1N=C1CCCCC1=O. The molecule has 0 atom stereocenters. The lowest BCUT2D eigenvalue weighted by atomic mass is 9.97. The molecule has 2 aliphatic rings. The van der Waals surface area contributed by atoms with Gasteiger partial charge in [0.25, 0.3) is 0 Å². The minimum absolute atomic E-state index is 0.293. The van der Waals surface area contributed by atoms with E-state index in [1.54, 1.807) is 0 Å². The number of carbonyl (C=O) groups is 1. The van der Waals surface area contributed by atoms with Crippen molar-refractivity contribution in [2.24, 2.45) is 5.10 Å². The van der Waals surface area contributed by atoms with Crippen molar-refractivity contribution in [2.45, 2.75) is 57.7 Å². The van der Waals surface area contributed by atoms with E-state index in [9.17, 15) is 4.79 Å². The molecule has 16 heavy (non-hydrogen) atoms. The van der Waals surface area contributed by atoms with Gasteiger partial charge in [0.2, 0.25) is 0 Å². The van der Waals surface area contributed by atoms with Crippen molar-refractivity contribution in [3.8, 4) is 0 Å². The van der Waals surface area contributed by atoms with Crippen molar-refractivity contribution in [3.05, 3.63) is 0 Å². The Labute approximate surface area is 99.0 Å². The lowest BCUT2D eigenvalue weighted by molar-refractivity contribution is -0.113. The Bertz CT molecular complexity index is 312. The summed E-state index contributed by atoms with van der Waals surface area (Å²) in [7, 11) is -1.34. The van der Waals surface area contributed by atoms with Gasteiger partial charge in [-0.3, -0.25) is 4.79 Å². The van der Waals surface area contributed by atoms with Crippen LogP contribution in [0.4, 0.5) is 0 Å². The fraction of sp³-hybridized carbons (Fsp3) is 0.833. The molecule has 0 radical (unpaired) electrons. The van der Waals surface area contributed by atoms with Crippen LogP contribution in [0.25, 0.3) is 0 Å². The molecule has 2 rings (SSSR count). The molecule has 90 valence electrons. The third-order valence-electron chi connectivity index (χ3n) is 3.74. The van der Waals surface area contributed by atoms with Crippen LogP contribution < -0.4 is 0 Å². The first kappa shape index (κ1) is 11.8. The summed E-state index contributed by atoms with van der Waals surface area (Å²) in [4.78, 5) is 11.7. The minimum atomic E-state index is -1.34. The fourth-order valence-electron chi connectivity index (χ4n) is 2.55. The third-order valence-corrected chi connectivity index (χ3v) is 7.04. The Balaban J connectivity index is 2.11. The van der Waals surface area contributed by atoms with Crippen LogP contribution in [-0.2, 0) is 4.79 Å². The van der Waals surface area contributed by atoms with Crippen LogP contribution in [0.2, 0.25) is 19.1 Å². The second-order valence-electron chi connectivity index (χ2n) is 5.57. The molecule has 0 aromatic rings. The number of hydrogen-bond donors (Lipinski definition) is 0. The first-order chi connectivity index (χ1) is 7.59. The molecule has 1 aliphatic heterocycles. The smallest absolute Gasteiger partial charge is 0.178 e. The van der Waals surface area contributed by atoms with Crippen molar-refractivity contribution < 1.29 is 4.79 Å². The van der Waals surface area contributed by atoms with Crippen LogP contribution in [0.1, 0.15) is 38.5 Å². The molecule has 2 fully saturated rings. The van der Waals surface area contributed by atoms with E-state index in [4.69, 9.17) is 5.10 Å². The van der Waals surface area contributed by atoms with Crippen LogP contribution in [-0.4, -0.2) is 30.9 Å². The van der Waals surface area contributed by atoms with E-state index in [0.29, 0.717) is 12.2 Å². The Hall–Kier alpha value is -0.643. The maximum absolute atomic E-state index is 11.7. The number of ketones is 1. The van der Waals surface area contributed by atoms with E-state index in [0.717, 1.165) is 31.5 Å². The summed E-state index contributed by atoms with van der Waals surface area (Å²) >= 11 is 0. The van der Waals surface area contributed by atoms with Gasteiger partial charge in [0, 0.05) is 13.0 Å². The Morgan fingerprint density at radius 2 is 1.88 bits per heavy atom. The maximum atomic E-state index is 11.7. The second-order valence-corrected chi connectivity index (χ2v) is 10.2.